The topological polar surface area (TPSA) is 26.7 Å². The zero-order valence-corrected chi connectivity index (χ0v) is 11.1. The van der Waals surface area contributed by atoms with Crippen molar-refractivity contribution in [2.75, 3.05) is 31.1 Å². The van der Waals surface area contributed by atoms with Gasteiger partial charge in [0.15, 0.2) is 0 Å². The molecule has 0 spiro atoms. The van der Waals surface area contributed by atoms with Crippen LogP contribution in [0.1, 0.15) is 24.0 Å². The molecule has 1 aromatic rings. The molecule has 2 aliphatic rings. The van der Waals surface area contributed by atoms with Crippen LogP contribution in [0.5, 0.6) is 0 Å². The van der Waals surface area contributed by atoms with Crippen LogP contribution in [0.3, 0.4) is 0 Å². The highest BCUT2D eigenvalue weighted by molar-refractivity contribution is 5.51. The van der Waals surface area contributed by atoms with Crippen molar-refractivity contribution in [2.24, 2.45) is 0 Å². The Hall–Kier alpha value is -1.06. The largest absolute Gasteiger partial charge is 0.392 e. The van der Waals surface area contributed by atoms with E-state index >= 15 is 0 Å². The third kappa shape index (κ3) is 2.13. The van der Waals surface area contributed by atoms with Crippen molar-refractivity contribution < 1.29 is 5.11 Å². The predicted octanol–water partition coefficient (Wildman–Crippen LogP) is 1.77. The second-order valence-corrected chi connectivity index (χ2v) is 5.55. The van der Waals surface area contributed by atoms with Crippen molar-refractivity contribution in [1.82, 2.24) is 4.90 Å². The summed E-state index contributed by atoms with van der Waals surface area (Å²) in [6, 6.07) is 7.20. The molecule has 2 heterocycles. The molecule has 0 aliphatic carbocycles. The molecule has 0 amide bonds. The van der Waals surface area contributed by atoms with Crippen molar-refractivity contribution in [3.63, 3.8) is 0 Å². The number of aliphatic hydroxyl groups excluding tert-OH is 1. The Labute approximate surface area is 109 Å². The number of hydrogen-bond donors (Lipinski definition) is 1. The Morgan fingerprint density at radius 2 is 2.17 bits per heavy atom. The Morgan fingerprint density at radius 3 is 2.94 bits per heavy atom. The van der Waals surface area contributed by atoms with Crippen LogP contribution in [0.15, 0.2) is 18.2 Å². The molecule has 18 heavy (non-hydrogen) atoms. The average molecular weight is 246 g/mol. The van der Waals surface area contributed by atoms with Gasteiger partial charge in [0.25, 0.3) is 0 Å². The fourth-order valence-corrected chi connectivity index (χ4v) is 3.28. The second kappa shape index (κ2) is 4.90. The number of rotatable bonds is 2. The standard InChI is InChI=1S/C15H22N2O/c1-12-9-14(5-4-13(12)11-18)17-8-7-16-6-2-3-15(16)10-17/h4-5,9,15,18H,2-3,6-8,10-11H2,1H3. The van der Waals surface area contributed by atoms with E-state index in [1.54, 1.807) is 0 Å². The second-order valence-electron chi connectivity index (χ2n) is 5.55. The summed E-state index contributed by atoms with van der Waals surface area (Å²) in [5.41, 5.74) is 3.55. The lowest BCUT2D eigenvalue weighted by Crippen LogP contribution is -2.50. The Morgan fingerprint density at radius 1 is 1.28 bits per heavy atom. The molecule has 3 rings (SSSR count). The average Bonchev–Trinajstić information content (AvgIpc) is 2.85. The monoisotopic (exact) mass is 246 g/mol. The zero-order chi connectivity index (χ0) is 12.5. The third-order valence-corrected chi connectivity index (χ3v) is 4.45. The van der Waals surface area contributed by atoms with Gasteiger partial charge in [-0.3, -0.25) is 4.90 Å². The zero-order valence-electron chi connectivity index (χ0n) is 11.1. The summed E-state index contributed by atoms with van der Waals surface area (Å²) in [7, 11) is 0. The Bertz CT molecular complexity index is 433. The van der Waals surface area contributed by atoms with Gasteiger partial charge < -0.3 is 10.0 Å². The molecule has 98 valence electrons. The van der Waals surface area contributed by atoms with Crippen LogP contribution < -0.4 is 4.90 Å². The van der Waals surface area contributed by atoms with Crippen LogP contribution >= 0.6 is 0 Å². The summed E-state index contributed by atoms with van der Waals surface area (Å²) >= 11 is 0. The molecule has 2 aliphatic heterocycles. The Kier molecular flexibility index (Phi) is 3.27. The highest BCUT2D eigenvalue weighted by Gasteiger charge is 2.30. The summed E-state index contributed by atoms with van der Waals surface area (Å²) in [5, 5.41) is 9.22. The molecule has 1 unspecified atom stereocenters. The molecule has 1 atom stereocenters. The fourth-order valence-electron chi connectivity index (χ4n) is 3.28. The third-order valence-electron chi connectivity index (χ3n) is 4.45. The van der Waals surface area contributed by atoms with Crippen LogP contribution in [0, 0.1) is 6.92 Å². The molecular weight excluding hydrogens is 224 g/mol. The van der Waals surface area contributed by atoms with Crippen LogP contribution in [0.25, 0.3) is 0 Å². The normalized spacial score (nSPS) is 24.3. The quantitative estimate of drug-likeness (QED) is 0.861. The van der Waals surface area contributed by atoms with E-state index in [2.05, 4.69) is 34.9 Å². The fraction of sp³-hybridized carbons (Fsp3) is 0.600. The van der Waals surface area contributed by atoms with Gasteiger partial charge in [-0.1, -0.05) is 6.07 Å². The first-order valence-corrected chi connectivity index (χ1v) is 6.97. The number of piperazine rings is 1. The lowest BCUT2D eigenvalue weighted by atomic mass is 10.1. The van der Waals surface area contributed by atoms with Crippen LogP contribution in [-0.4, -0.2) is 42.2 Å². The first-order chi connectivity index (χ1) is 8.78. The summed E-state index contributed by atoms with van der Waals surface area (Å²) in [6.45, 7) is 7.02. The van der Waals surface area contributed by atoms with E-state index in [1.165, 1.54) is 37.2 Å². The lowest BCUT2D eigenvalue weighted by Gasteiger charge is -2.39. The van der Waals surface area contributed by atoms with Crippen molar-refractivity contribution in [3.05, 3.63) is 29.3 Å². The minimum atomic E-state index is 0.141. The van der Waals surface area contributed by atoms with Crippen LogP contribution in [-0.2, 0) is 6.61 Å². The molecule has 2 saturated heterocycles. The summed E-state index contributed by atoms with van der Waals surface area (Å²) in [4.78, 5) is 5.13. The summed E-state index contributed by atoms with van der Waals surface area (Å²) in [5.74, 6) is 0. The molecule has 0 radical (unpaired) electrons. The number of aryl methyl sites for hydroxylation is 1. The van der Waals surface area contributed by atoms with E-state index < -0.39 is 0 Å². The minimum absolute atomic E-state index is 0.141. The summed E-state index contributed by atoms with van der Waals surface area (Å²) in [6.07, 6.45) is 2.71. The molecule has 3 nitrogen and oxygen atoms in total. The first-order valence-electron chi connectivity index (χ1n) is 6.97. The SMILES string of the molecule is Cc1cc(N2CCN3CCCC3C2)ccc1CO. The smallest absolute Gasteiger partial charge is 0.0684 e. The van der Waals surface area contributed by atoms with Gasteiger partial charge >= 0.3 is 0 Å². The number of benzene rings is 1. The predicted molar refractivity (Wildman–Crippen MR) is 73.9 cm³/mol. The van der Waals surface area contributed by atoms with E-state index in [-0.39, 0.29) is 6.61 Å². The van der Waals surface area contributed by atoms with Crippen molar-refractivity contribution in [1.29, 1.82) is 0 Å². The molecule has 1 N–H and O–H groups in total. The van der Waals surface area contributed by atoms with Gasteiger partial charge in [-0.25, -0.2) is 0 Å². The first kappa shape index (κ1) is 12.0. The number of aliphatic hydroxyl groups is 1. The molecule has 3 heteroatoms. The van der Waals surface area contributed by atoms with Gasteiger partial charge in [0.1, 0.15) is 0 Å². The van der Waals surface area contributed by atoms with Crippen LogP contribution in [0.2, 0.25) is 0 Å². The number of fused-ring (bicyclic) bond motifs is 1. The Balaban J connectivity index is 1.76. The molecule has 0 saturated carbocycles. The van der Waals surface area contributed by atoms with Crippen molar-refractivity contribution in [3.8, 4) is 0 Å². The lowest BCUT2D eigenvalue weighted by molar-refractivity contribution is 0.231. The molecule has 0 aromatic heterocycles. The van der Waals surface area contributed by atoms with Crippen molar-refractivity contribution >= 4 is 5.69 Å². The maximum absolute atomic E-state index is 9.22. The van der Waals surface area contributed by atoms with Gasteiger partial charge in [-0.2, -0.15) is 0 Å². The molecule has 1 aromatic carbocycles. The van der Waals surface area contributed by atoms with Gasteiger partial charge in [-0.15, -0.1) is 0 Å². The van der Waals surface area contributed by atoms with Gasteiger partial charge in [-0.05, 0) is 49.6 Å². The molecule has 0 bridgehead atoms. The molecule has 2 fully saturated rings. The molecular formula is C15H22N2O. The van der Waals surface area contributed by atoms with E-state index in [4.69, 9.17) is 0 Å². The highest BCUT2D eigenvalue weighted by atomic mass is 16.3. The number of hydrogen-bond acceptors (Lipinski definition) is 3. The maximum atomic E-state index is 9.22. The van der Waals surface area contributed by atoms with Gasteiger partial charge in [0, 0.05) is 31.4 Å². The van der Waals surface area contributed by atoms with E-state index in [0.29, 0.717) is 0 Å². The summed E-state index contributed by atoms with van der Waals surface area (Å²) < 4.78 is 0. The highest BCUT2D eigenvalue weighted by Crippen LogP contribution is 2.26. The van der Waals surface area contributed by atoms with E-state index in [0.717, 1.165) is 24.7 Å². The van der Waals surface area contributed by atoms with E-state index in [9.17, 15) is 5.11 Å². The van der Waals surface area contributed by atoms with Gasteiger partial charge in [0.2, 0.25) is 0 Å². The number of anilines is 1. The van der Waals surface area contributed by atoms with Crippen molar-refractivity contribution in [2.45, 2.75) is 32.4 Å². The maximum Gasteiger partial charge on any atom is 0.0684 e. The minimum Gasteiger partial charge on any atom is -0.392 e. The van der Waals surface area contributed by atoms with E-state index in [1.807, 2.05) is 0 Å². The van der Waals surface area contributed by atoms with Crippen LogP contribution in [0.4, 0.5) is 5.69 Å². The van der Waals surface area contributed by atoms with Gasteiger partial charge in [0.05, 0.1) is 6.61 Å². The number of nitrogens with zero attached hydrogens (tertiary/aromatic N) is 2.